The summed E-state index contributed by atoms with van der Waals surface area (Å²) in [4.78, 5) is 22.2. The highest BCUT2D eigenvalue weighted by atomic mass is 32.1. The minimum atomic E-state index is -0.100. The molecule has 3 heterocycles. The first-order chi connectivity index (χ1) is 12.2. The molecule has 0 saturated carbocycles. The highest BCUT2D eigenvalue weighted by Gasteiger charge is 2.11. The molecule has 1 aromatic carbocycles. The first-order valence-electron chi connectivity index (χ1n) is 7.52. The fourth-order valence-electron chi connectivity index (χ4n) is 2.36. The normalized spacial score (nSPS) is 10.8. The molecule has 0 saturated heterocycles. The lowest BCUT2D eigenvalue weighted by atomic mass is 10.2. The zero-order chi connectivity index (χ0) is 17.2. The molecule has 0 radical (unpaired) electrons. The van der Waals surface area contributed by atoms with E-state index >= 15 is 0 Å². The number of rotatable bonds is 4. The van der Waals surface area contributed by atoms with Crippen LogP contribution in [0.25, 0.3) is 10.2 Å². The summed E-state index contributed by atoms with van der Waals surface area (Å²) in [5, 5.41) is 7.65. The molecular formula is C18H13N3O2S2. The van der Waals surface area contributed by atoms with E-state index < -0.39 is 0 Å². The third-order valence-electron chi connectivity index (χ3n) is 3.62. The number of anilines is 1. The molecule has 0 aliphatic heterocycles. The Morgan fingerprint density at radius 3 is 2.60 bits per heavy atom. The van der Waals surface area contributed by atoms with Crippen molar-refractivity contribution in [1.29, 1.82) is 0 Å². The Morgan fingerprint density at radius 2 is 1.84 bits per heavy atom. The lowest BCUT2D eigenvalue weighted by Gasteiger charge is -2.08. The number of carbonyl (C=O) groups excluding carboxylic acids is 1. The van der Waals surface area contributed by atoms with Crippen LogP contribution in [-0.2, 0) is 0 Å². The summed E-state index contributed by atoms with van der Waals surface area (Å²) in [5.41, 5.74) is 1.69. The van der Waals surface area contributed by atoms with Gasteiger partial charge in [0.15, 0.2) is 0 Å². The second kappa shape index (κ2) is 6.62. The van der Waals surface area contributed by atoms with Crippen molar-refractivity contribution < 1.29 is 9.53 Å². The highest BCUT2D eigenvalue weighted by Crippen LogP contribution is 2.30. The van der Waals surface area contributed by atoms with E-state index in [-0.39, 0.29) is 5.91 Å². The standard InChI is InChI=1S/C18H13N3O2S2/c1-11-6-8-24-15(11)16(22)21-12-2-4-13(5-3-12)23-17-14-7-9-25-18(14)20-10-19-17/h2-10H,1H3,(H,21,22). The lowest BCUT2D eigenvalue weighted by Crippen LogP contribution is -2.11. The monoisotopic (exact) mass is 367 g/mol. The maximum Gasteiger partial charge on any atom is 0.265 e. The van der Waals surface area contributed by atoms with Gasteiger partial charge >= 0.3 is 0 Å². The van der Waals surface area contributed by atoms with E-state index in [4.69, 9.17) is 4.74 Å². The predicted octanol–water partition coefficient (Wildman–Crippen LogP) is 5.11. The number of carbonyl (C=O) groups is 1. The van der Waals surface area contributed by atoms with Gasteiger partial charge in [-0.25, -0.2) is 9.97 Å². The molecule has 25 heavy (non-hydrogen) atoms. The van der Waals surface area contributed by atoms with Crippen LogP contribution in [0.5, 0.6) is 11.6 Å². The van der Waals surface area contributed by atoms with E-state index in [0.29, 0.717) is 17.3 Å². The summed E-state index contributed by atoms with van der Waals surface area (Å²) in [6.45, 7) is 1.93. The van der Waals surface area contributed by atoms with Crippen molar-refractivity contribution in [3.8, 4) is 11.6 Å². The average Bonchev–Trinajstić information content (AvgIpc) is 3.26. The number of aryl methyl sites for hydroxylation is 1. The van der Waals surface area contributed by atoms with Crippen LogP contribution in [0.15, 0.2) is 53.5 Å². The molecule has 4 aromatic rings. The maximum absolute atomic E-state index is 12.2. The van der Waals surface area contributed by atoms with Gasteiger partial charge in [0.2, 0.25) is 5.88 Å². The third-order valence-corrected chi connectivity index (χ3v) is 5.46. The van der Waals surface area contributed by atoms with Crippen LogP contribution in [0.3, 0.4) is 0 Å². The summed E-state index contributed by atoms with van der Waals surface area (Å²) < 4.78 is 5.85. The molecular weight excluding hydrogens is 354 g/mol. The molecule has 5 nitrogen and oxygen atoms in total. The van der Waals surface area contributed by atoms with Crippen molar-refractivity contribution in [2.75, 3.05) is 5.32 Å². The number of nitrogens with one attached hydrogen (secondary N) is 1. The maximum atomic E-state index is 12.2. The van der Waals surface area contributed by atoms with Crippen LogP contribution in [0.1, 0.15) is 15.2 Å². The second-order valence-corrected chi connectivity index (χ2v) is 7.14. The number of hydrogen-bond donors (Lipinski definition) is 1. The number of benzene rings is 1. The van der Waals surface area contributed by atoms with E-state index in [1.54, 1.807) is 23.5 Å². The molecule has 1 N–H and O–H groups in total. The van der Waals surface area contributed by atoms with Crippen molar-refractivity contribution in [1.82, 2.24) is 9.97 Å². The fourth-order valence-corrected chi connectivity index (χ4v) is 3.90. The minimum Gasteiger partial charge on any atom is -0.438 e. The molecule has 0 unspecified atom stereocenters. The molecule has 124 valence electrons. The zero-order valence-electron chi connectivity index (χ0n) is 13.2. The number of thiophene rings is 2. The van der Waals surface area contributed by atoms with Gasteiger partial charge < -0.3 is 10.1 Å². The van der Waals surface area contributed by atoms with Crippen LogP contribution < -0.4 is 10.1 Å². The van der Waals surface area contributed by atoms with Gasteiger partial charge in [0, 0.05) is 5.69 Å². The van der Waals surface area contributed by atoms with Crippen molar-refractivity contribution in [2.24, 2.45) is 0 Å². The molecule has 0 spiro atoms. The molecule has 0 aliphatic carbocycles. The van der Waals surface area contributed by atoms with Crippen LogP contribution in [0.2, 0.25) is 0 Å². The Morgan fingerprint density at radius 1 is 1.04 bits per heavy atom. The van der Waals surface area contributed by atoms with Crippen molar-refractivity contribution >= 4 is 44.5 Å². The van der Waals surface area contributed by atoms with Gasteiger partial charge in [-0.1, -0.05) is 0 Å². The Bertz CT molecular complexity index is 1040. The fraction of sp³-hybridized carbons (Fsp3) is 0.0556. The van der Waals surface area contributed by atoms with Gasteiger partial charge in [0.1, 0.15) is 16.9 Å². The topological polar surface area (TPSA) is 64.1 Å². The molecule has 0 atom stereocenters. The van der Waals surface area contributed by atoms with Crippen molar-refractivity contribution in [3.63, 3.8) is 0 Å². The molecule has 0 aliphatic rings. The quantitative estimate of drug-likeness (QED) is 0.545. The Hall–Kier alpha value is -2.77. The van der Waals surface area contributed by atoms with Gasteiger partial charge in [-0.2, -0.15) is 0 Å². The number of nitrogens with zero attached hydrogens (tertiary/aromatic N) is 2. The Balaban J connectivity index is 1.50. The van der Waals surface area contributed by atoms with Crippen molar-refractivity contribution in [3.05, 3.63) is 63.9 Å². The molecule has 0 bridgehead atoms. The highest BCUT2D eigenvalue weighted by molar-refractivity contribution is 7.16. The van der Waals surface area contributed by atoms with Gasteiger partial charge in [-0.3, -0.25) is 4.79 Å². The van der Waals surface area contributed by atoms with Crippen LogP contribution in [0.4, 0.5) is 5.69 Å². The van der Waals surface area contributed by atoms with E-state index in [1.165, 1.54) is 17.7 Å². The number of ether oxygens (including phenoxy) is 1. The SMILES string of the molecule is Cc1ccsc1C(=O)Nc1ccc(Oc2ncnc3sccc23)cc1. The van der Waals surface area contributed by atoms with Crippen LogP contribution in [-0.4, -0.2) is 15.9 Å². The molecule has 0 fully saturated rings. The van der Waals surface area contributed by atoms with E-state index in [1.807, 2.05) is 41.9 Å². The molecule has 1 amide bonds. The van der Waals surface area contributed by atoms with E-state index in [0.717, 1.165) is 20.7 Å². The summed E-state index contributed by atoms with van der Waals surface area (Å²) in [6, 6.07) is 11.1. The average molecular weight is 367 g/mol. The number of amides is 1. The number of fused-ring (bicyclic) bond motifs is 1. The van der Waals surface area contributed by atoms with Gasteiger partial charge in [0.25, 0.3) is 5.91 Å². The number of hydrogen-bond acceptors (Lipinski definition) is 6. The lowest BCUT2D eigenvalue weighted by molar-refractivity contribution is 0.103. The van der Waals surface area contributed by atoms with Gasteiger partial charge in [-0.15, -0.1) is 22.7 Å². The summed E-state index contributed by atoms with van der Waals surface area (Å²) in [7, 11) is 0. The summed E-state index contributed by atoms with van der Waals surface area (Å²) in [6.07, 6.45) is 1.49. The smallest absolute Gasteiger partial charge is 0.265 e. The largest absolute Gasteiger partial charge is 0.438 e. The molecule has 7 heteroatoms. The third kappa shape index (κ3) is 3.24. The second-order valence-electron chi connectivity index (χ2n) is 5.33. The summed E-state index contributed by atoms with van der Waals surface area (Å²) in [5.74, 6) is 1.07. The first kappa shape index (κ1) is 15.7. The summed E-state index contributed by atoms with van der Waals surface area (Å²) >= 11 is 2.98. The Kier molecular flexibility index (Phi) is 4.17. The van der Waals surface area contributed by atoms with Crippen LogP contribution >= 0.6 is 22.7 Å². The first-order valence-corrected chi connectivity index (χ1v) is 9.28. The van der Waals surface area contributed by atoms with E-state index in [9.17, 15) is 4.79 Å². The zero-order valence-corrected chi connectivity index (χ0v) is 14.9. The number of aromatic nitrogens is 2. The molecule has 4 rings (SSSR count). The van der Waals surface area contributed by atoms with Crippen molar-refractivity contribution in [2.45, 2.75) is 6.92 Å². The van der Waals surface area contributed by atoms with Gasteiger partial charge in [0.05, 0.1) is 10.3 Å². The van der Waals surface area contributed by atoms with Crippen LogP contribution in [0, 0.1) is 6.92 Å². The van der Waals surface area contributed by atoms with Gasteiger partial charge in [-0.05, 0) is 59.6 Å². The Labute approximate surface area is 152 Å². The molecule has 3 aromatic heterocycles. The minimum absolute atomic E-state index is 0.100. The van der Waals surface area contributed by atoms with E-state index in [2.05, 4.69) is 15.3 Å². The predicted molar refractivity (Wildman–Crippen MR) is 101 cm³/mol.